The fourth-order valence-corrected chi connectivity index (χ4v) is 3.74. The monoisotopic (exact) mass is 374 g/mol. The summed E-state index contributed by atoms with van der Waals surface area (Å²) in [4.78, 5) is 13.8. The van der Waals surface area contributed by atoms with E-state index in [1.54, 1.807) is 4.90 Å². The van der Waals surface area contributed by atoms with Gasteiger partial charge in [-0.3, -0.25) is 4.79 Å². The fourth-order valence-electron chi connectivity index (χ4n) is 3.20. The lowest BCUT2D eigenvalue weighted by Gasteiger charge is -2.52. The molecule has 1 aromatic carbocycles. The van der Waals surface area contributed by atoms with Gasteiger partial charge in [0.25, 0.3) is 5.91 Å². The number of likely N-dealkylation sites (tertiary alicyclic amines) is 1. The summed E-state index contributed by atoms with van der Waals surface area (Å²) in [5, 5.41) is 0. The molecule has 1 spiro atoms. The lowest BCUT2D eigenvalue weighted by Crippen LogP contribution is -2.66. The lowest BCUT2D eigenvalue weighted by atomic mass is 9.82. The van der Waals surface area contributed by atoms with Gasteiger partial charge in [-0.1, -0.05) is 0 Å². The number of ether oxygens (including phenoxy) is 1. The average Bonchev–Trinajstić information content (AvgIpc) is 2.52. The zero-order valence-corrected chi connectivity index (χ0v) is 14.6. The molecule has 1 atom stereocenters. The highest BCUT2D eigenvalue weighted by molar-refractivity contribution is 7.88. The second kappa shape index (κ2) is 6.62. The Morgan fingerprint density at radius 1 is 1.36 bits per heavy atom. The molecule has 0 aliphatic carbocycles. The number of nitrogens with one attached hydrogen (secondary N) is 1. The molecule has 9 heteroatoms. The topological polar surface area (TPSA) is 75.7 Å². The van der Waals surface area contributed by atoms with Crippen molar-refractivity contribution in [2.45, 2.75) is 18.4 Å². The van der Waals surface area contributed by atoms with Crippen molar-refractivity contribution >= 4 is 15.9 Å². The summed E-state index contributed by atoms with van der Waals surface area (Å²) in [6.45, 7) is 1.57. The van der Waals surface area contributed by atoms with Crippen LogP contribution in [-0.2, 0) is 14.8 Å². The van der Waals surface area contributed by atoms with Crippen LogP contribution in [0.4, 0.5) is 8.78 Å². The highest BCUT2D eigenvalue weighted by Gasteiger charge is 2.48. The van der Waals surface area contributed by atoms with E-state index in [-0.39, 0.29) is 17.4 Å². The van der Waals surface area contributed by atoms with Crippen LogP contribution in [0.1, 0.15) is 23.2 Å². The summed E-state index contributed by atoms with van der Waals surface area (Å²) < 4.78 is 56.8. The molecule has 6 nitrogen and oxygen atoms in total. The molecule has 0 radical (unpaired) electrons. The second-order valence-corrected chi connectivity index (χ2v) is 8.64. The Morgan fingerprint density at radius 3 is 2.64 bits per heavy atom. The third-order valence-corrected chi connectivity index (χ3v) is 5.37. The van der Waals surface area contributed by atoms with Gasteiger partial charge in [0.15, 0.2) is 11.6 Å². The van der Waals surface area contributed by atoms with E-state index in [4.69, 9.17) is 4.74 Å². The number of carbonyl (C=O) groups excluding carboxylic acids is 1. The number of halogens is 2. The summed E-state index contributed by atoms with van der Waals surface area (Å²) in [5.41, 5.74) is -0.296. The zero-order chi connectivity index (χ0) is 18.2. The fraction of sp³-hybridized carbons (Fsp3) is 0.562. The number of sulfonamides is 1. The number of benzene rings is 1. The van der Waals surface area contributed by atoms with E-state index in [1.165, 1.54) is 6.07 Å². The van der Waals surface area contributed by atoms with Gasteiger partial charge in [-0.25, -0.2) is 21.9 Å². The molecule has 1 N–H and O–H groups in total. The highest BCUT2D eigenvalue weighted by atomic mass is 32.2. The molecular weight excluding hydrogens is 354 g/mol. The molecule has 2 saturated heterocycles. The number of amides is 1. The van der Waals surface area contributed by atoms with E-state index in [0.29, 0.717) is 26.2 Å². The predicted molar refractivity (Wildman–Crippen MR) is 86.5 cm³/mol. The van der Waals surface area contributed by atoms with E-state index in [1.807, 2.05) is 0 Å². The first-order chi connectivity index (χ1) is 11.7. The highest BCUT2D eigenvalue weighted by Crippen LogP contribution is 2.36. The minimum absolute atomic E-state index is 0.108. The Labute approximate surface area is 145 Å². The van der Waals surface area contributed by atoms with Crippen LogP contribution in [-0.4, -0.2) is 57.3 Å². The van der Waals surface area contributed by atoms with Crippen LogP contribution in [0.5, 0.6) is 0 Å². The molecule has 0 bridgehead atoms. The Morgan fingerprint density at radius 2 is 2.08 bits per heavy atom. The van der Waals surface area contributed by atoms with Gasteiger partial charge in [0.05, 0.1) is 26.0 Å². The zero-order valence-electron chi connectivity index (χ0n) is 13.8. The number of nitrogens with zero attached hydrogens (tertiary/aromatic N) is 1. The summed E-state index contributed by atoms with van der Waals surface area (Å²) in [6, 6.07) is 3.10. The first-order valence-electron chi connectivity index (χ1n) is 8.00. The summed E-state index contributed by atoms with van der Waals surface area (Å²) in [6.07, 6.45) is 2.65. The summed E-state index contributed by atoms with van der Waals surface area (Å²) in [7, 11) is -3.22. The standard InChI is InChI=1S/C16H20F2N2O4S/c1-25(22,23)19-7-11-4-5-16(24-8-11)9-20(10-16)15(21)12-2-3-13(17)14(18)6-12/h2-3,6,11,19H,4-5,7-10H2,1H3/t11-/m0/s1. The third-order valence-electron chi connectivity index (χ3n) is 4.68. The minimum atomic E-state index is -3.22. The number of carbonyl (C=O) groups is 1. The molecule has 25 heavy (non-hydrogen) atoms. The van der Waals surface area contributed by atoms with Crippen molar-refractivity contribution in [3.8, 4) is 0 Å². The molecular formula is C16H20F2N2O4S. The van der Waals surface area contributed by atoms with Crippen molar-refractivity contribution in [1.82, 2.24) is 9.62 Å². The van der Waals surface area contributed by atoms with Crippen molar-refractivity contribution in [2.24, 2.45) is 5.92 Å². The number of hydrogen-bond acceptors (Lipinski definition) is 4. The van der Waals surface area contributed by atoms with Gasteiger partial charge >= 0.3 is 0 Å². The van der Waals surface area contributed by atoms with E-state index in [9.17, 15) is 22.0 Å². The molecule has 3 rings (SSSR count). The molecule has 1 amide bonds. The smallest absolute Gasteiger partial charge is 0.254 e. The number of rotatable bonds is 4. The van der Waals surface area contributed by atoms with Gasteiger partial charge in [-0.05, 0) is 37.0 Å². The normalized spacial score (nSPS) is 22.7. The summed E-state index contributed by atoms with van der Waals surface area (Å²) >= 11 is 0. The Bertz CT molecular complexity index is 768. The van der Waals surface area contributed by atoms with Crippen LogP contribution in [0.2, 0.25) is 0 Å². The predicted octanol–water partition coefficient (Wildman–Crippen LogP) is 1.14. The molecule has 2 fully saturated rings. The number of hydrogen-bond donors (Lipinski definition) is 1. The molecule has 2 aliphatic rings. The Kier molecular flexibility index (Phi) is 4.82. The molecule has 0 saturated carbocycles. The minimum Gasteiger partial charge on any atom is -0.371 e. The first-order valence-corrected chi connectivity index (χ1v) is 9.90. The molecule has 0 aromatic heterocycles. The van der Waals surface area contributed by atoms with Crippen LogP contribution >= 0.6 is 0 Å². The molecule has 138 valence electrons. The van der Waals surface area contributed by atoms with Gasteiger partial charge in [0.1, 0.15) is 5.60 Å². The van der Waals surface area contributed by atoms with Crippen LogP contribution in [0.15, 0.2) is 18.2 Å². The Hall–Kier alpha value is -1.58. The van der Waals surface area contributed by atoms with Crippen molar-refractivity contribution in [1.29, 1.82) is 0 Å². The third kappa shape index (κ3) is 4.16. The van der Waals surface area contributed by atoms with Crippen molar-refractivity contribution in [2.75, 3.05) is 32.5 Å². The van der Waals surface area contributed by atoms with Crippen LogP contribution in [0.25, 0.3) is 0 Å². The van der Waals surface area contributed by atoms with E-state index in [0.717, 1.165) is 31.2 Å². The van der Waals surface area contributed by atoms with E-state index in [2.05, 4.69) is 4.72 Å². The van der Waals surface area contributed by atoms with Crippen molar-refractivity contribution in [3.63, 3.8) is 0 Å². The quantitative estimate of drug-likeness (QED) is 0.858. The van der Waals surface area contributed by atoms with Crippen molar-refractivity contribution in [3.05, 3.63) is 35.4 Å². The van der Waals surface area contributed by atoms with Crippen molar-refractivity contribution < 1.29 is 26.7 Å². The maximum atomic E-state index is 13.3. The average molecular weight is 374 g/mol. The maximum Gasteiger partial charge on any atom is 0.254 e. The molecule has 2 heterocycles. The van der Waals surface area contributed by atoms with Gasteiger partial charge in [0, 0.05) is 12.1 Å². The van der Waals surface area contributed by atoms with Crippen LogP contribution in [0.3, 0.4) is 0 Å². The van der Waals surface area contributed by atoms with Gasteiger partial charge in [-0.2, -0.15) is 0 Å². The SMILES string of the molecule is CS(=O)(=O)NC[C@@H]1CCC2(CN(C(=O)c3ccc(F)c(F)c3)C2)OC1. The molecule has 0 unspecified atom stereocenters. The van der Waals surface area contributed by atoms with E-state index < -0.39 is 27.3 Å². The van der Waals surface area contributed by atoms with Gasteiger partial charge in [0.2, 0.25) is 10.0 Å². The second-order valence-electron chi connectivity index (χ2n) is 6.81. The van der Waals surface area contributed by atoms with Gasteiger partial charge in [-0.15, -0.1) is 0 Å². The largest absolute Gasteiger partial charge is 0.371 e. The van der Waals surface area contributed by atoms with Crippen LogP contribution < -0.4 is 4.72 Å². The molecule has 1 aromatic rings. The van der Waals surface area contributed by atoms with Gasteiger partial charge < -0.3 is 9.64 Å². The summed E-state index contributed by atoms with van der Waals surface area (Å²) in [5.74, 6) is -2.28. The van der Waals surface area contributed by atoms with Crippen LogP contribution in [0, 0.1) is 17.6 Å². The lowest BCUT2D eigenvalue weighted by molar-refractivity contribution is -0.165. The first kappa shape index (κ1) is 18.2. The van der Waals surface area contributed by atoms with E-state index >= 15 is 0 Å². The Balaban J connectivity index is 1.51. The maximum absolute atomic E-state index is 13.3. The molecule has 2 aliphatic heterocycles.